The fourth-order valence-electron chi connectivity index (χ4n) is 2.80. The minimum Gasteiger partial charge on any atom is -0.335 e. The van der Waals surface area contributed by atoms with Crippen LogP contribution >= 0.6 is 11.3 Å². The Morgan fingerprint density at radius 2 is 1.96 bits per heavy atom. The van der Waals surface area contributed by atoms with Crippen molar-refractivity contribution < 1.29 is 9.32 Å². The van der Waals surface area contributed by atoms with E-state index < -0.39 is 0 Å². The van der Waals surface area contributed by atoms with E-state index in [4.69, 9.17) is 9.78 Å². The Morgan fingerprint density at radius 1 is 1.19 bits per heavy atom. The van der Waals surface area contributed by atoms with Gasteiger partial charge in [-0.05, 0) is 56.3 Å². The maximum absolute atomic E-state index is 13.0. The second kappa shape index (κ2) is 6.67. The molecule has 0 aliphatic rings. The number of nitrogens with zero attached hydrogens (tertiary/aromatic N) is 3. The number of hydrogen-bond donors (Lipinski definition) is 1. The molecule has 0 spiro atoms. The maximum Gasteiger partial charge on any atom is 0.259 e. The minimum atomic E-state index is -0.284. The zero-order chi connectivity index (χ0) is 19.0. The van der Waals surface area contributed by atoms with Gasteiger partial charge < -0.3 is 9.84 Å². The average molecular weight is 374 g/mol. The average Bonchev–Trinajstić information content (AvgIpc) is 3.27. The number of anilines is 1. The van der Waals surface area contributed by atoms with E-state index in [0.29, 0.717) is 39.3 Å². The van der Waals surface area contributed by atoms with E-state index in [0.717, 1.165) is 9.75 Å². The summed E-state index contributed by atoms with van der Waals surface area (Å²) in [6.07, 6.45) is 0. The molecule has 0 saturated carbocycles. The second-order valence-corrected chi connectivity index (χ2v) is 7.34. The number of benzene rings is 1. The highest BCUT2D eigenvalue weighted by Gasteiger charge is 2.20. The Bertz CT molecular complexity index is 1200. The molecular weight excluding hydrogens is 360 g/mol. The molecule has 0 saturated heterocycles. The summed E-state index contributed by atoms with van der Waals surface area (Å²) in [5, 5.41) is 16.3. The standard InChI is InChI=1S/C20H14N4O2S/c1-11-3-8-17(27-11)16-9-15(18-12(2)24-26-20(18)23-16)19(25)22-14-6-4-13(10-21)5-7-14/h3-9H,1-2H3,(H,22,25). The number of carbonyl (C=O) groups excluding carboxylic acids is 1. The van der Waals surface area contributed by atoms with Crippen LogP contribution in [0.1, 0.15) is 26.5 Å². The number of hydrogen-bond acceptors (Lipinski definition) is 6. The molecule has 4 rings (SSSR count). The number of nitrogens with one attached hydrogen (secondary N) is 1. The fourth-order valence-corrected chi connectivity index (χ4v) is 3.63. The van der Waals surface area contributed by atoms with Gasteiger partial charge in [-0.1, -0.05) is 5.16 Å². The summed E-state index contributed by atoms with van der Waals surface area (Å²) in [6, 6.07) is 14.5. The smallest absolute Gasteiger partial charge is 0.259 e. The summed E-state index contributed by atoms with van der Waals surface area (Å²) in [7, 11) is 0. The van der Waals surface area contributed by atoms with E-state index >= 15 is 0 Å². The lowest BCUT2D eigenvalue weighted by Crippen LogP contribution is -2.13. The summed E-state index contributed by atoms with van der Waals surface area (Å²) in [6.45, 7) is 3.80. The van der Waals surface area contributed by atoms with Gasteiger partial charge in [0, 0.05) is 10.6 Å². The van der Waals surface area contributed by atoms with Crippen molar-refractivity contribution in [1.29, 1.82) is 5.26 Å². The number of pyridine rings is 1. The molecule has 6 nitrogen and oxygen atoms in total. The van der Waals surface area contributed by atoms with Crippen molar-refractivity contribution in [3.8, 4) is 16.6 Å². The first-order valence-corrected chi connectivity index (χ1v) is 9.02. The van der Waals surface area contributed by atoms with Gasteiger partial charge in [0.15, 0.2) is 0 Å². The van der Waals surface area contributed by atoms with Gasteiger partial charge in [-0.3, -0.25) is 4.79 Å². The van der Waals surface area contributed by atoms with Crippen molar-refractivity contribution >= 4 is 34.0 Å². The molecule has 0 bridgehead atoms. The first-order chi connectivity index (χ1) is 13.0. The molecule has 0 atom stereocenters. The summed E-state index contributed by atoms with van der Waals surface area (Å²) < 4.78 is 5.32. The number of nitriles is 1. The molecule has 1 N–H and O–H groups in total. The number of rotatable bonds is 3. The van der Waals surface area contributed by atoms with E-state index in [9.17, 15) is 4.79 Å². The molecule has 0 fully saturated rings. The Balaban J connectivity index is 1.77. The molecule has 1 amide bonds. The highest BCUT2D eigenvalue weighted by molar-refractivity contribution is 7.15. The van der Waals surface area contributed by atoms with E-state index in [1.54, 1.807) is 48.6 Å². The van der Waals surface area contributed by atoms with Crippen LogP contribution < -0.4 is 5.32 Å². The first-order valence-electron chi connectivity index (χ1n) is 8.20. The third-order valence-electron chi connectivity index (χ3n) is 4.13. The van der Waals surface area contributed by atoms with Crippen LogP contribution in [0.25, 0.3) is 21.7 Å². The van der Waals surface area contributed by atoms with Crippen molar-refractivity contribution in [3.63, 3.8) is 0 Å². The minimum absolute atomic E-state index is 0.284. The van der Waals surface area contributed by atoms with Crippen LogP contribution in [0.2, 0.25) is 0 Å². The maximum atomic E-state index is 13.0. The Kier molecular flexibility index (Phi) is 4.18. The van der Waals surface area contributed by atoms with Crippen LogP contribution in [0.5, 0.6) is 0 Å². The number of aryl methyl sites for hydroxylation is 2. The molecule has 3 heterocycles. The van der Waals surface area contributed by atoms with Gasteiger partial charge >= 0.3 is 0 Å². The number of amides is 1. The van der Waals surface area contributed by atoms with E-state index in [-0.39, 0.29) is 5.91 Å². The quantitative estimate of drug-likeness (QED) is 0.561. The number of fused-ring (bicyclic) bond motifs is 1. The second-order valence-electron chi connectivity index (χ2n) is 6.06. The molecule has 0 aliphatic heterocycles. The molecule has 132 valence electrons. The summed E-state index contributed by atoms with van der Waals surface area (Å²) in [5.41, 5.74) is 3.19. The highest BCUT2D eigenvalue weighted by Crippen LogP contribution is 2.31. The Hall–Kier alpha value is -3.50. The molecule has 3 aromatic heterocycles. The molecular formula is C20H14N4O2S. The predicted octanol–water partition coefficient (Wildman–Crippen LogP) is 4.69. The predicted molar refractivity (Wildman–Crippen MR) is 104 cm³/mol. The normalized spacial score (nSPS) is 10.7. The zero-order valence-corrected chi connectivity index (χ0v) is 15.4. The van der Waals surface area contributed by atoms with Crippen LogP contribution in [0.3, 0.4) is 0 Å². The van der Waals surface area contributed by atoms with Gasteiger partial charge in [0.05, 0.1) is 38.8 Å². The highest BCUT2D eigenvalue weighted by atomic mass is 32.1. The van der Waals surface area contributed by atoms with E-state index in [1.807, 2.05) is 19.1 Å². The van der Waals surface area contributed by atoms with Crippen LogP contribution in [0.4, 0.5) is 5.69 Å². The summed E-state index contributed by atoms with van der Waals surface area (Å²) in [5.74, 6) is -0.284. The van der Waals surface area contributed by atoms with Gasteiger partial charge in [-0.15, -0.1) is 11.3 Å². The van der Waals surface area contributed by atoms with Crippen molar-refractivity contribution in [2.45, 2.75) is 13.8 Å². The number of carbonyl (C=O) groups is 1. The third kappa shape index (κ3) is 3.18. The lowest BCUT2D eigenvalue weighted by molar-refractivity contribution is 0.102. The van der Waals surface area contributed by atoms with Crippen LogP contribution in [0, 0.1) is 25.2 Å². The third-order valence-corrected chi connectivity index (χ3v) is 5.15. The van der Waals surface area contributed by atoms with Gasteiger partial charge in [0.2, 0.25) is 0 Å². The van der Waals surface area contributed by atoms with E-state index in [1.165, 1.54) is 0 Å². The van der Waals surface area contributed by atoms with Gasteiger partial charge in [0.1, 0.15) is 0 Å². The lowest BCUT2D eigenvalue weighted by Gasteiger charge is -2.08. The molecule has 7 heteroatoms. The topological polar surface area (TPSA) is 91.8 Å². The molecule has 1 aromatic carbocycles. The Morgan fingerprint density at radius 3 is 2.63 bits per heavy atom. The molecule has 0 aliphatic carbocycles. The lowest BCUT2D eigenvalue weighted by atomic mass is 10.1. The van der Waals surface area contributed by atoms with Crippen molar-refractivity contribution in [2.24, 2.45) is 0 Å². The van der Waals surface area contributed by atoms with Gasteiger partial charge in [-0.2, -0.15) is 5.26 Å². The van der Waals surface area contributed by atoms with Crippen LogP contribution in [-0.4, -0.2) is 16.0 Å². The monoisotopic (exact) mass is 374 g/mol. The van der Waals surface area contributed by atoms with Crippen molar-refractivity contribution in [2.75, 3.05) is 5.32 Å². The number of aromatic nitrogens is 2. The van der Waals surface area contributed by atoms with Gasteiger partial charge in [-0.25, -0.2) is 4.98 Å². The summed E-state index contributed by atoms with van der Waals surface area (Å²) >= 11 is 1.60. The molecule has 0 unspecified atom stereocenters. The molecule has 27 heavy (non-hydrogen) atoms. The fraction of sp³-hybridized carbons (Fsp3) is 0.100. The SMILES string of the molecule is Cc1ccc(-c2cc(C(=O)Nc3ccc(C#N)cc3)c3c(C)noc3n2)s1. The van der Waals surface area contributed by atoms with E-state index in [2.05, 4.69) is 21.5 Å². The zero-order valence-electron chi connectivity index (χ0n) is 14.6. The van der Waals surface area contributed by atoms with Crippen molar-refractivity contribution in [1.82, 2.24) is 10.1 Å². The number of thiophene rings is 1. The molecule has 4 aromatic rings. The molecule has 0 radical (unpaired) electrons. The van der Waals surface area contributed by atoms with Crippen molar-refractivity contribution in [3.05, 3.63) is 64.2 Å². The van der Waals surface area contributed by atoms with Crippen LogP contribution in [0.15, 0.2) is 47.0 Å². The summed E-state index contributed by atoms with van der Waals surface area (Å²) in [4.78, 5) is 19.6. The van der Waals surface area contributed by atoms with Gasteiger partial charge in [0.25, 0.3) is 11.6 Å². The first kappa shape index (κ1) is 16.9. The van der Waals surface area contributed by atoms with Crippen LogP contribution in [-0.2, 0) is 0 Å². The largest absolute Gasteiger partial charge is 0.335 e. The Labute approximate surface area is 159 Å².